The number of rotatable bonds is 7. The topological polar surface area (TPSA) is 156 Å². The van der Waals surface area contributed by atoms with E-state index in [-0.39, 0.29) is 35.3 Å². The van der Waals surface area contributed by atoms with Crippen LogP contribution in [0, 0.1) is 12.3 Å². The molecule has 2 aromatic carbocycles. The number of carboxylic acids is 1. The number of hydrogen-bond acceptors (Lipinski definition) is 7. The summed E-state index contributed by atoms with van der Waals surface area (Å²) in [6, 6.07) is 11.1. The van der Waals surface area contributed by atoms with E-state index < -0.39 is 12.0 Å². The lowest BCUT2D eigenvalue weighted by Gasteiger charge is -2.31. The van der Waals surface area contributed by atoms with Gasteiger partial charge in [-0.25, -0.2) is 14.7 Å². The van der Waals surface area contributed by atoms with Crippen LogP contribution in [-0.2, 0) is 4.79 Å². The number of aliphatic carboxylic acids is 1. The number of carboxylic acid groups (broad SMARTS) is 1. The van der Waals surface area contributed by atoms with Gasteiger partial charge in [-0.3, -0.25) is 15.5 Å². The first-order chi connectivity index (χ1) is 17.0. The number of anilines is 1. The van der Waals surface area contributed by atoms with Gasteiger partial charge in [0.2, 0.25) is 0 Å². The summed E-state index contributed by atoms with van der Waals surface area (Å²) >= 11 is 0. The lowest BCUT2D eigenvalue weighted by molar-refractivity contribution is -0.137. The zero-order valence-corrected chi connectivity index (χ0v) is 20.4. The van der Waals surface area contributed by atoms with Crippen LogP contribution in [0.4, 0.5) is 10.5 Å². The van der Waals surface area contributed by atoms with E-state index >= 15 is 0 Å². The number of benzene rings is 2. The molecular weight excluding hydrogens is 464 g/mol. The van der Waals surface area contributed by atoms with Gasteiger partial charge in [0.1, 0.15) is 34.6 Å². The number of aryl methyl sites for hydroxylation is 1. The van der Waals surface area contributed by atoms with Gasteiger partial charge in [0.15, 0.2) is 0 Å². The van der Waals surface area contributed by atoms with Crippen molar-refractivity contribution in [2.24, 2.45) is 4.99 Å². The van der Waals surface area contributed by atoms with Gasteiger partial charge in [0.25, 0.3) is 0 Å². The zero-order chi connectivity index (χ0) is 26.8. The molecular formula is C26H30N4O6. The van der Waals surface area contributed by atoms with Crippen molar-refractivity contribution in [1.29, 1.82) is 5.41 Å². The van der Waals surface area contributed by atoms with Crippen LogP contribution in [0.2, 0.25) is 0 Å². The predicted molar refractivity (Wildman–Crippen MR) is 138 cm³/mol. The van der Waals surface area contributed by atoms with Crippen LogP contribution in [0.15, 0.2) is 71.4 Å². The molecule has 0 bridgehead atoms. The van der Waals surface area contributed by atoms with Crippen molar-refractivity contribution in [3.8, 4) is 17.2 Å². The van der Waals surface area contributed by atoms with Gasteiger partial charge in [-0.1, -0.05) is 36.4 Å². The van der Waals surface area contributed by atoms with Gasteiger partial charge in [0.05, 0.1) is 12.2 Å². The van der Waals surface area contributed by atoms with E-state index in [9.17, 15) is 19.8 Å². The first-order valence-corrected chi connectivity index (χ1v) is 11.1. The maximum atomic E-state index is 12.3. The largest absolute Gasteiger partial charge is 0.506 e. The summed E-state index contributed by atoms with van der Waals surface area (Å²) in [5.74, 6) is -0.607. The average Bonchev–Trinajstić information content (AvgIpc) is 2.80. The Morgan fingerprint density at radius 2 is 1.81 bits per heavy atom. The summed E-state index contributed by atoms with van der Waals surface area (Å²) in [6.07, 6.45) is 2.31. The summed E-state index contributed by atoms with van der Waals surface area (Å²) in [5, 5.41) is 38.9. The number of hydrogen-bond donors (Lipinski definition) is 5. The number of urea groups is 1. The van der Waals surface area contributed by atoms with Crippen molar-refractivity contribution in [2.45, 2.75) is 33.6 Å². The standard InChI is InChI=1S/C15H16N4O3.C11H14O3/c1-4-9-13(16)19(12-10(20)6-5-7-11(12)21)15(22)18-14(9)17-8(2)3;1-9-4-6-10(7-5-9)14-8-2-3-11(12)13/h4-7,16,20-21H,2H2,1,3H3,(H,17,18,22);4-7H,2-3,8H2,1H3,(H,12,13)/b9-4-,16-13?;. The minimum Gasteiger partial charge on any atom is -0.506 e. The molecule has 5 N–H and O–H groups in total. The van der Waals surface area contributed by atoms with E-state index in [1.165, 1.54) is 23.8 Å². The smallest absolute Gasteiger partial charge is 0.333 e. The van der Waals surface area contributed by atoms with Crippen LogP contribution >= 0.6 is 0 Å². The Kier molecular flexibility index (Phi) is 9.79. The highest BCUT2D eigenvalue weighted by molar-refractivity contribution is 6.40. The van der Waals surface area contributed by atoms with Crippen molar-refractivity contribution in [3.63, 3.8) is 0 Å². The fourth-order valence-corrected chi connectivity index (χ4v) is 3.12. The molecule has 0 aromatic heterocycles. The highest BCUT2D eigenvalue weighted by Gasteiger charge is 2.35. The van der Waals surface area contributed by atoms with Crippen molar-refractivity contribution in [2.75, 3.05) is 11.5 Å². The summed E-state index contributed by atoms with van der Waals surface area (Å²) in [4.78, 5) is 27.5. The molecule has 0 atom stereocenters. The Hall–Kier alpha value is -4.60. The third kappa shape index (κ3) is 7.45. The molecule has 1 heterocycles. The second-order valence-corrected chi connectivity index (χ2v) is 7.82. The molecule has 0 unspecified atom stereocenters. The molecule has 0 radical (unpaired) electrons. The second-order valence-electron chi connectivity index (χ2n) is 7.82. The molecule has 190 valence electrons. The minimum atomic E-state index is -0.780. The maximum Gasteiger partial charge on any atom is 0.333 e. The van der Waals surface area contributed by atoms with Gasteiger partial charge < -0.3 is 20.1 Å². The molecule has 10 heteroatoms. The first kappa shape index (κ1) is 27.6. The number of aromatic hydroxyl groups is 2. The maximum absolute atomic E-state index is 12.3. The molecule has 36 heavy (non-hydrogen) atoms. The van der Waals surface area contributed by atoms with Gasteiger partial charge >= 0.3 is 12.0 Å². The van der Waals surface area contributed by atoms with E-state index in [0.717, 1.165) is 10.6 Å². The number of carbonyl (C=O) groups excluding carboxylic acids is 1. The average molecular weight is 495 g/mol. The number of amides is 2. The number of phenols is 2. The first-order valence-electron chi connectivity index (χ1n) is 11.1. The monoisotopic (exact) mass is 494 g/mol. The fraction of sp³-hybridized carbons (Fsp3) is 0.231. The van der Waals surface area contributed by atoms with E-state index in [0.29, 0.717) is 24.3 Å². The molecule has 1 saturated heterocycles. The van der Waals surface area contributed by atoms with Crippen LogP contribution in [0.1, 0.15) is 32.3 Å². The molecule has 1 aliphatic heterocycles. The SMILES string of the molecule is C=C(C)N=C1NC(=O)N(c2c(O)cccc2O)C(=N)/C1=C/C.Cc1ccc(OCCCC(=O)O)cc1. The third-order valence-corrected chi connectivity index (χ3v) is 4.80. The number of ether oxygens (including phenoxy) is 1. The van der Waals surface area contributed by atoms with Gasteiger partial charge in [-0.05, 0) is 51.5 Å². The molecule has 1 fully saturated rings. The molecule has 3 rings (SSSR count). The van der Waals surface area contributed by atoms with Gasteiger partial charge in [0, 0.05) is 12.1 Å². The second kappa shape index (κ2) is 12.7. The van der Waals surface area contributed by atoms with Crippen LogP contribution in [0.3, 0.4) is 0 Å². The number of aliphatic imine (C=N–C) groups is 1. The van der Waals surface area contributed by atoms with E-state index in [1.54, 1.807) is 19.9 Å². The van der Waals surface area contributed by atoms with E-state index in [1.807, 2.05) is 31.2 Å². The molecule has 0 aliphatic carbocycles. The summed E-state index contributed by atoms with van der Waals surface area (Å²) in [5.41, 5.74) is 1.85. The third-order valence-electron chi connectivity index (χ3n) is 4.80. The quantitative estimate of drug-likeness (QED) is 0.351. The summed E-state index contributed by atoms with van der Waals surface area (Å²) < 4.78 is 5.35. The van der Waals surface area contributed by atoms with Crippen molar-refractivity contribution in [1.82, 2.24) is 5.32 Å². The highest BCUT2D eigenvalue weighted by atomic mass is 16.5. The Morgan fingerprint density at radius 1 is 1.19 bits per heavy atom. The molecule has 2 aromatic rings. The van der Waals surface area contributed by atoms with Crippen LogP contribution in [0.5, 0.6) is 17.2 Å². The number of para-hydroxylation sites is 1. The van der Waals surface area contributed by atoms with E-state index in [2.05, 4.69) is 16.9 Å². The molecule has 0 spiro atoms. The van der Waals surface area contributed by atoms with Crippen LogP contribution in [0.25, 0.3) is 0 Å². The Morgan fingerprint density at radius 3 is 2.33 bits per heavy atom. The number of nitrogens with zero attached hydrogens (tertiary/aromatic N) is 2. The number of nitrogens with one attached hydrogen (secondary N) is 2. The predicted octanol–water partition coefficient (Wildman–Crippen LogP) is 4.72. The Labute approximate surface area is 209 Å². The minimum absolute atomic E-state index is 0.154. The Bertz CT molecular complexity index is 1180. The molecule has 0 saturated carbocycles. The van der Waals surface area contributed by atoms with E-state index in [4.69, 9.17) is 15.3 Å². The van der Waals surface area contributed by atoms with Gasteiger partial charge in [-0.2, -0.15) is 0 Å². The van der Waals surface area contributed by atoms with Gasteiger partial charge in [-0.15, -0.1) is 0 Å². The number of carbonyl (C=O) groups is 2. The zero-order valence-electron chi connectivity index (χ0n) is 20.4. The Balaban J connectivity index is 0.000000281. The van der Waals surface area contributed by atoms with Crippen LogP contribution in [-0.4, -0.2) is 45.6 Å². The molecule has 1 aliphatic rings. The van der Waals surface area contributed by atoms with Crippen LogP contribution < -0.4 is 15.0 Å². The summed E-state index contributed by atoms with van der Waals surface area (Å²) in [7, 11) is 0. The fourth-order valence-electron chi connectivity index (χ4n) is 3.12. The molecule has 2 amide bonds. The number of amidine groups is 2. The lowest BCUT2D eigenvalue weighted by Crippen LogP contribution is -2.54. The highest BCUT2D eigenvalue weighted by Crippen LogP contribution is 2.37. The van der Waals surface area contributed by atoms with Crippen molar-refractivity contribution < 1.29 is 29.6 Å². The lowest BCUT2D eigenvalue weighted by atomic mass is 10.1. The normalized spacial score (nSPS) is 15.2. The van der Waals surface area contributed by atoms with Crippen molar-refractivity contribution in [3.05, 3.63) is 72.0 Å². The molecule has 10 nitrogen and oxygen atoms in total. The summed E-state index contributed by atoms with van der Waals surface area (Å²) in [6.45, 7) is 9.46. The number of allylic oxidation sites excluding steroid dienone is 2. The van der Waals surface area contributed by atoms with Crippen molar-refractivity contribution >= 4 is 29.4 Å². The number of phenolic OH excluding ortho intramolecular Hbond substituents is 2.